The van der Waals surface area contributed by atoms with Gasteiger partial charge >= 0.3 is 6.09 Å². The van der Waals surface area contributed by atoms with Crippen molar-refractivity contribution in [2.45, 2.75) is 84.2 Å². The van der Waals surface area contributed by atoms with Crippen LogP contribution >= 0.6 is 0 Å². The van der Waals surface area contributed by atoms with Crippen molar-refractivity contribution in [2.24, 2.45) is 0 Å². The van der Waals surface area contributed by atoms with Crippen molar-refractivity contribution >= 4 is 17.9 Å². The molecule has 0 spiro atoms. The number of rotatable bonds is 10. The summed E-state index contributed by atoms with van der Waals surface area (Å²) >= 11 is 0. The van der Waals surface area contributed by atoms with Gasteiger partial charge in [-0.05, 0) is 76.3 Å². The molecule has 0 aliphatic heterocycles. The van der Waals surface area contributed by atoms with Crippen molar-refractivity contribution in [3.05, 3.63) is 101 Å². The Hall–Kier alpha value is -4.33. The molecule has 3 N–H and O–H groups in total. The predicted molar refractivity (Wildman–Crippen MR) is 162 cm³/mol. The van der Waals surface area contributed by atoms with Gasteiger partial charge in [0.25, 0.3) is 0 Å². The van der Waals surface area contributed by atoms with Crippen LogP contribution in [0.3, 0.4) is 0 Å². The zero-order chi connectivity index (χ0) is 30.4. The van der Waals surface area contributed by atoms with E-state index in [0.29, 0.717) is 6.54 Å². The first-order chi connectivity index (χ1) is 19.9. The normalized spacial score (nSPS) is 14.4. The number of nitrogens with one attached hydrogen (secondary N) is 2. The van der Waals surface area contributed by atoms with Crippen LogP contribution in [-0.2, 0) is 27.3 Å². The van der Waals surface area contributed by atoms with Gasteiger partial charge in [-0.1, -0.05) is 71.8 Å². The van der Waals surface area contributed by atoms with Crippen LogP contribution in [0.15, 0.2) is 72.8 Å². The Balaban J connectivity index is 1.70. The second-order valence-corrected chi connectivity index (χ2v) is 12.1. The summed E-state index contributed by atoms with van der Waals surface area (Å²) in [6, 6.07) is 20.0. The number of aromatic hydroxyl groups is 1. The van der Waals surface area contributed by atoms with Gasteiger partial charge in [0, 0.05) is 19.0 Å². The molecule has 0 heterocycles. The lowest BCUT2D eigenvalue weighted by Crippen LogP contribution is -2.54. The topological polar surface area (TPSA) is 108 Å². The number of phenols is 1. The minimum atomic E-state index is -1.000. The van der Waals surface area contributed by atoms with Crippen LogP contribution in [0.5, 0.6) is 5.75 Å². The van der Waals surface area contributed by atoms with Gasteiger partial charge in [0.05, 0.1) is 0 Å². The Kier molecular flexibility index (Phi) is 9.55. The van der Waals surface area contributed by atoms with E-state index in [1.165, 1.54) is 0 Å². The van der Waals surface area contributed by atoms with Crippen molar-refractivity contribution in [3.63, 3.8) is 0 Å². The van der Waals surface area contributed by atoms with Gasteiger partial charge in [0.2, 0.25) is 11.8 Å². The molecule has 2 atom stereocenters. The first-order valence-corrected chi connectivity index (χ1v) is 14.4. The van der Waals surface area contributed by atoms with E-state index in [1.807, 2.05) is 62.4 Å². The van der Waals surface area contributed by atoms with Crippen molar-refractivity contribution < 1.29 is 24.2 Å². The number of carbonyl (C=O) groups excluding carboxylic acids is 3. The van der Waals surface area contributed by atoms with Gasteiger partial charge in [-0.25, -0.2) is 4.79 Å². The lowest BCUT2D eigenvalue weighted by molar-refractivity contribution is -0.143. The molecule has 0 bridgehead atoms. The fraction of sp³-hybridized carbons (Fsp3) is 0.382. The fourth-order valence-electron chi connectivity index (χ4n) is 5.06. The molecule has 2 unspecified atom stereocenters. The molecule has 3 aromatic carbocycles. The number of carbonyl (C=O) groups is 3. The van der Waals surface area contributed by atoms with E-state index >= 15 is 0 Å². The highest BCUT2D eigenvalue weighted by Crippen LogP contribution is 2.36. The van der Waals surface area contributed by atoms with E-state index in [0.717, 1.165) is 40.7 Å². The van der Waals surface area contributed by atoms with Gasteiger partial charge < -0.3 is 25.4 Å². The summed E-state index contributed by atoms with van der Waals surface area (Å²) in [6.45, 7) is 9.53. The summed E-state index contributed by atoms with van der Waals surface area (Å²) in [4.78, 5) is 43.1. The number of nitrogens with zero attached hydrogens (tertiary/aromatic N) is 1. The SMILES string of the molecule is Cc1cc(C)cc(C(C(=O)NCc2ccccc2)N(C(=O)C(Cc2ccc(O)cc2)NC(=O)OC(C)(C)C)C2CC2)c1. The Morgan fingerprint density at radius 3 is 2.12 bits per heavy atom. The van der Waals surface area contributed by atoms with E-state index in [4.69, 9.17) is 4.74 Å². The van der Waals surface area contributed by atoms with Gasteiger partial charge in [0.15, 0.2) is 0 Å². The number of amides is 3. The molecule has 3 amide bonds. The van der Waals surface area contributed by atoms with Gasteiger partial charge in [0.1, 0.15) is 23.4 Å². The van der Waals surface area contributed by atoms with Gasteiger partial charge in [-0.15, -0.1) is 0 Å². The van der Waals surface area contributed by atoms with Crippen LogP contribution in [0, 0.1) is 13.8 Å². The average molecular weight is 572 g/mol. The predicted octanol–water partition coefficient (Wildman–Crippen LogP) is 5.49. The molecule has 4 rings (SSSR count). The summed E-state index contributed by atoms with van der Waals surface area (Å²) < 4.78 is 5.50. The van der Waals surface area contributed by atoms with E-state index in [-0.39, 0.29) is 30.0 Å². The van der Waals surface area contributed by atoms with Gasteiger partial charge in [-0.2, -0.15) is 0 Å². The summed E-state index contributed by atoms with van der Waals surface area (Å²) in [6.07, 6.45) is 0.966. The number of hydrogen-bond acceptors (Lipinski definition) is 5. The van der Waals surface area contributed by atoms with Crippen LogP contribution in [0.4, 0.5) is 4.79 Å². The quantitative estimate of drug-likeness (QED) is 0.298. The summed E-state index contributed by atoms with van der Waals surface area (Å²) in [5, 5.41) is 15.6. The number of hydrogen-bond donors (Lipinski definition) is 3. The van der Waals surface area contributed by atoms with E-state index in [9.17, 15) is 19.5 Å². The van der Waals surface area contributed by atoms with Crippen LogP contribution in [0.2, 0.25) is 0 Å². The average Bonchev–Trinajstić information content (AvgIpc) is 3.75. The van der Waals surface area contributed by atoms with E-state index < -0.39 is 23.8 Å². The van der Waals surface area contributed by atoms with E-state index in [1.54, 1.807) is 49.9 Å². The molecule has 0 radical (unpaired) electrons. The summed E-state index contributed by atoms with van der Waals surface area (Å²) in [5.41, 5.74) is 3.63. The molecular formula is C34H41N3O5. The lowest BCUT2D eigenvalue weighted by Gasteiger charge is -2.35. The summed E-state index contributed by atoms with van der Waals surface area (Å²) in [7, 11) is 0. The molecule has 222 valence electrons. The molecule has 1 saturated carbocycles. The first kappa shape index (κ1) is 30.6. The second-order valence-electron chi connectivity index (χ2n) is 12.1. The molecule has 1 aliphatic rings. The zero-order valence-corrected chi connectivity index (χ0v) is 25.0. The fourth-order valence-corrected chi connectivity index (χ4v) is 5.06. The molecular weight excluding hydrogens is 530 g/mol. The highest BCUT2D eigenvalue weighted by atomic mass is 16.6. The van der Waals surface area contributed by atoms with Crippen LogP contribution in [0.25, 0.3) is 0 Å². The number of ether oxygens (including phenoxy) is 1. The van der Waals surface area contributed by atoms with Crippen LogP contribution < -0.4 is 10.6 Å². The third kappa shape index (κ3) is 8.59. The number of aryl methyl sites for hydroxylation is 2. The Morgan fingerprint density at radius 2 is 1.55 bits per heavy atom. The maximum Gasteiger partial charge on any atom is 0.408 e. The Bertz CT molecular complexity index is 1370. The molecule has 0 aromatic heterocycles. The molecule has 0 saturated heterocycles. The monoisotopic (exact) mass is 571 g/mol. The molecule has 3 aromatic rings. The molecule has 1 aliphatic carbocycles. The third-order valence-corrected chi connectivity index (χ3v) is 6.96. The van der Waals surface area contributed by atoms with Crippen molar-refractivity contribution in [2.75, 3.05) is 0 Å². The maximum atomic E-state index is 14.5. The Morgan fingerprint density at radius 1 is 0.929 bits per heavy atom. The van der Waals surface area contributed by atoms with Crippen molar-refractivity contribution in [3.8, 4) is 5.75 Å². The van der Waals surface area contributed by atoms with Crippen molar-refractivity contribution in [1.29, 1.82) is 0 Å². The van der Waals surface area contributed by atoms with Crippen molar-refractivity contribution in [1.82, 2.24) is 15.5 Å². The highest BCUT2D eigenvalue weighted by Gasteiger charge is 2.44. The Labute approximate surface area is 248 Å². The smallest absolute Gasteiger partial charge is 0.408 e. The largest absolute Gasteiger partial charge is 0.508 e. The first-order valence-electron chi connectivity index (χ1n) is 14.4. The minimum Gasteiger partial charge on any atom is -0.508 e. The summed E-state index contributed by atoms with van der Waals surface area (Å²) in [5.74, 6) is -0.550. The number of phenolic OH excluding ortho intramolecular Hbond substituents is 1. The molecule has 1 fully saturated rings. The lowest BCUT2D eigenvalue weighted by atomic mass is 9.97. The minimum absolute atomic E-state index is 0.103. The highest BCUT2D eigenvalue weighted by molar-refractivity contribution is 5.92. The van der Waals surface area contributed by atoms with Crippen LogP contribution in [-0.4, -0.2) is 45.6 Å². The molecule has 42 heavy (non-hydrogen) atoms. The van der Waals surface area contributed by atoms with Gasteiger partial charge in [-0.3, -0.25) is 9.59 Å². The number of alkyl carbamates (subject to hydrolysis) is 1. The van der Waals surface area contributed by atoms with Crippen LogP contribution in [0.1, 0.15) is 67.5 Å². The number of benzene rings is 3. The zero-order valence-electron chi connectivity index (χ0n) is 25.0. The third-order valence-electron chi connectivity index (χ3n) is 6.96. The van der Waals surface area contributed by atoms with E-state index in [2.05, 4.69) is 10.6 Å². The molecule has 8 heteroatoms. The molecule has 8 nitrogen and oxygen atoms in total. The second kappa shape index (κ2) is 13.1. The maximum absolute atomic E-state index is 14.5. The standard InChI is InChI=1S/C34H41N3O5/c1-22-17-23(2)19-26(18-22)30(31(39)35-21-25-9-7-6-8-10-25)37(27-13-14-27)32(40)29(36-33(41)42-34(3,4)5)20-24-11-15-28(38)16-12-24/h6-12,15-19,27,29-30,38H,13-14,20-21H2,1-5H3,(H,35,39)(H,36,41).